The van der Waals surface area contributed by atoms with Crippen molar-refractivity contribution in [3.63, 3.8) is 0 Å². The van der Waals surface area contributed by atoms with Crippen LogP contribution >= 0.6 is 0 Å². The molecular weight excluding hydrogens is 244 g/mol. The second kappa shape index (κ2) is 5.47. The Morgan fingerprint density at radius 2 is 1.84 bits per heavy atom. The zero-order valence-electron chi connectivity index (χ0n) is 12.2. The molecule has 0 radical (unpaired) electrons. The summed E-state index contributed by atoms with van der Waals surface area (Å²) in [6, 6.07) is 0. The van der Waals surface area contributed by atoms with Gasteiger partial charge in [0, 0.05) is 12.2 Å². The molecule has 19 heavy (non-hydrogen) atoms. The Kier molecular flexibility index (Phi) is 4.39. The molecular formula is C14H22N2O3. The molecule has 0 aliphatic carbocycles. The van der Waals surface area contributed by atoms with Crippen LogP contribution in [0.15, 0.2) is 0 Å². The molecule has 1 aromatic heterocycles. The minimum atomic E-state index is -1.05. The summed E-state index contributed by atoms with van der Waals surface area (Å²) in [6.07, 6.45) is 0.868. The number of hydrogen-bond acceptors (Lipinski definition) is 2. The predicted octanol–water partition coefficient (Wildman–Crippen LogP) is 2.50. The van der Waals surface area contributed by atoms with E-state index in [0.717, 1.165) is 6.42 Å². The van der Waals surface area contributed by atoms with Crippen molar-refractivity contribution in [2.45, 2.75) is 41.0 Å². The molecule has 0 spiro atoms. The van der Waals surface area contributed by atoms with E-state index in [9.17, 15) is 9.59 Å². The molecule has 1 heterocycles. The molecule has 5 heteroatoms. The van der Waals surface area contributed by atoms with Gasteiger partial charge >= 0.3 is 5.97 Å². The molecule has 0 aliphatic heterocycles. The normalized spacial score (nSPS) is 11.4. The third-order valence-electron chi connectivity index (χ3n) is 3.04. The lowest BCUT2D eigenvalue weighted by molar-refractivity contribution is 0.0690. The van der Waals surface area contributed by atoms with Gasteiger partial charge in [0.2, 0.25) is 0 Å². The lowest BCUT2D eigenvalue weighted by atomic mass is 9.92. The van der Waals surface area contributed by atoms with E-state index < -0.39 is 5.97 Å². The summed E-state index contributed by atoms with van der Waals surface area (Å²) < 4.78 is 0. The van der Waals surface area contributed by atoms with E-state index in [-0.39, 0.29) is 17.0 Å². The molecule has 1 rings (SSSR count). The van der Waals surface area contributed by atoms with Gasteiger partial charge < -0.3 is 15.4 Å². The van der Waals surface area contributed by atoms with Gasteiger partial charge in [-0.3, -0.25) is 4.79 Å². The van der Waals surface area contributed by atoms with E-state index in [1.54, 1.807) is 13.8 Å². The average molecular weight is 266 g/mol. The Hall–Kier alpha value is -1.78. The molecule has 5 nitrogen and oxygen atoms in total. The fourth-order valence-electron chi connectivity index (χ4n) is 1.94. The average Bonchev–Trinajstić information content (AvgIpc) is 2.52. The first-order chi connectivity index (χ1) is 8.63. The van der Waals surface area contributed by atoms with Crippen molar-refractivity contribution < 1.29 is 14.7 Å². The molecule has 106 valence electrons. The lowest BCUT2D eigenvalue weighted by Gasteiger charge is -2.18. The van der Waals surface area contributed by atoms with Crippen LogP contribution in [0, 0.1) is 19.3 Å². The highest BCUT2D eigenvalue weighted by Gasteiger charge is 2.21. The van der Waals surface area contributed by atoms with Gasteiger partial charge in [-0.15, -0.1) is 0 Å². The first kappa shape index (κ1) is 15.3. The molecule has 1 amide bonds. The smallest absolute Gasteiger partial charge is 0.352 e. The highest BCUT2D eigenvalue weighted by molar-refractivity contribution is 6.00. The highest BCUT2D eigenvalue weighted by atomic mass is 16.4. The van der Waals surface area contributed by atoms with Crippen molar-refractivity contribution in [3.05, 3.63) is 22.5 Å². The van der Waals surface area contributed by atoms with Gasteiger partial charge in [0.15, 0.2) is 0 Å². The van der Waals surface area contributed by atoms with Crippen LogP contribution in [0.5, 0.6) is 0 Å². The van der Waals surface area contributed by atoms with Crippen molar-refractivity contribution >= 4 is 11.9 Å². The van der Waals surface area contributed by atoms with Crippen LogP contribution in [0.25, 0.3) is 0 Å². The third-order valence-corrected chi connectivity index (χ3v) is 3.04. The summed E-state index contributed by atoms with van der Waals surface area (Å²) in [4.78, 5) is 25.8. The minimum Gasteiger partial charge on any atom is -0.477 e. The number of aromatic amines is 1. The Morgan fingerprint density at radius 3 is 2.26 bits per heavy atom. The van der Waals surface area contributed by atoms with Crippen molar-refractivity contribution in [1.29, 1.82) is 0 Å². The minimum absolute atomic E-state index is 0.0819. The van der Waals surface area contributed by atoms with E-state index in [1.165, 1.54) is 0 Å². The highest BCUT2D eigenvalue weighted by Crippen LogP contribution is 2.19. The molecule has 1 aromatic rings. The van der Waals surface area contributed by atoms with Gasteiger partial charge in [0.25, 0.3) is 5.91 Å². The lowest BCUT2D eigenvalue weighted by Crippen LogP contribution is -2.28. The van der Waals surface area contributed by atoms with Gasteiger partial charge in [0.1, 0.15) is 5.69 Å². The second-order valence-corrected chi connectivity index (χ2v) is 6.00. The van der Waals surface area contributed by atoms with Gasteiger partial charge in [-0.2, -0.15) is 0 Å². The van der Waals surface area contributed by atoms with Crippen LogP contribution in [-0.4, -0.2) is 28.5 Å². The van der Waals surface area contributed by atoms with Crippen LogP contribution in [0.2, 0.25) is 0 Å². The van der Waals surface area contributed by atoms with Crippen molar-refractivity contribution in [2.24, 2.45) is 5.41 Å². The number of carbonyl (C=O) groups is 2. The number of aryl methyl sites for hydroxylation is 1. The Bertz CT molecular complexity index is 496. The number of aromatic nitrogens is 1. The summed E-state index contributed by atoms with van der Waals surface area (Å²) in [5, 5.41) is 11.8. The number of carboxylic acids is 1. The molecule has 0 bridgehead atoms. The van der Waals surface area contributed by atoms with E-state index in [1.807, 2.05) is 0 Å². The zero-order valence-corrected chi connectivity index (χ0v) is 12.2. The number of carbonyl (C=O) groups excluding carboxylic acids is 1. The van der Waals surface area contributed by atoms with Crippen molar-refractivity contribution in [3.8, 4) is 0 Å². The zero-order chi connectivity index (χ0) is 14.8. The van der Waals surface area contributed by atoms with Gasteiger partial charge in [-0.25, -0.2) is 4.79 Å². The molecule has 0 aliphatic rings. The van der Waals surface area contributed by atoms with Crippen molar-refractivity contribution in [2.75, 3.05) is 6.54 Å². The van der Waals surface area contributed by atoms with Crippen molar-refractivity contribution in [1.82, 2.24) is 10.3 Å². The quantitative estimate of drug-likeness (QED) is 0.783. The SMILES string of the molecule is Cc1[nH]c(C(=O)O)c(C)c1C(=O)NCCC(C)(C)C. The fraction of sp³-hybridized carbons (Fsp3) is 0.571. The summed E-state index contributed by atoms with van der Waals surface area (Å²) in [6.45, 7) is 10.2. The molecule has 0 fully saturated rings. The third kappa shape index (κ3) is 3.84. The standard InChI is InChI=1S/C14H22N2O3/c1-8-10(9(2)16-11(8)13(18)19)12(17)15-7-6-14(3,4)5/h16H,6-7H2,1-5H3,(H,15,17)(H,18,19). The van der Waals surface area contributed by atoms with Crippen LogP contribution in [0.3, 0.4) is 0 Å². The maximum Gasteiger partial charge on any atom is 0.352 e. The largest absolute Gasteiger partial charge is 0.477 e. The van der Waals surface area contributed by atoms with Crippen LogP contribution < -0.4 is 5.32 Å². The van der Waals surface area contributed by atoms with E-state index >= 15 is 0 Å². The van der Waals surface area contributed by atoms with E-state index in [2.05, 4.69) is 31.1 Å². The number of amides is 1. The number of H-pyrrole nitrogens is 1. The number of aromatic carboxylic acids is 1. The molecule has 0 saturated heterocycles. The van der Waals surface area contributed by atoms with E-state index in [4.69, 9.17) is 5.11 Å². The van der Waals surface area contributed by atoms with Crippen LogP contribution in [-0.2, 0) is 0 Å². The summed E-state index contributed by atoms with van der Waals surface area (Å²) in [5.74, 6) is -1.27. The van der Waals surface area contributed by atoms with Gasteiger partial charge in [-0.1, -0.05) is 20.8 Å². The van der Waals surface area contributed by atoms with E-state index in [0.29, 0.717) is 23.4 Å². The number of nitrogens with one attached hydrogen (secondary N) is 2. The summed E-state index contributed by atoms with van der Waals surface area (Å²) in [5.41, 5.74) is 1.74. The topological polar surface area (TPSA) is 82.2 Å². The summed E-state index contributed by atoms with van der Waals surface area (Å²) >= 11 is 0. The molecule has 0 unspecified atom stereocenters. The second-order valence-electron chi connectivity index (χ2n) is 6.00. The van der Waals surface area contributed by atoms with Gasteiger partial charge in [-0.05, 0) is 31.2 Å². The predicted molar refractivity (Wildman–Crippen MR) is 73.6 cm³/mol. The van der Waals surface area contributed by atoms with Crippen LogP contribution in [0.1, 0.15) is 59.3 Å². The summed E-state index contributed by atoms with van der Waals surface area (Å²) in [7, 11) is 0. The fourth-order valence-corrected chi connectivity index (χ4v) is 1.94. The molecule has 0 atom stereocenters. The monoisotopic (exact) mass is 266 g/mol. The number of carboxylic acid groups (broad SMARTS) is 1. The Morgan fingerprint density at radius 1 is 1.26 bits per heavy atom. The van der Waals surface area contributed by atoms with Gasteiger partial charge in [0.05, 0.1) is 5.56 Å². The maximum absolute atomic E-state index is 12.1. The molecule has 0 saturated carbocycles. The molecule has 0 aromatic carbocycles. The maximum atomic E-state index is 12.1. The Labute approximate surface area is 113 Å². The van der Waals surface area contributed by atoms with Crippen LogP contribution in [0.4, 0.5) is 0 Å². The number of rotatable bonds is 4. The molecule has 3 N–H and O–H groups in total. The Balaban J connectivity index is 2.81. The number of hydrogen-bond donors (Lipinski definition) is 3. The first-order valence-corrected chi connectivity index (χ1v) is 6.34. The first-order valence-electron chi connectivity index (χ1n) is 6.34.